The molecular formula is C12H11ClN4O. The van der Waals surface area contributed by atoms with Crippen molar-refractivity contribution in [3.8, 4) is 6.07 Å². The topological polar surface area (TPSA) is 70.8 Å². The van der Waals surface area contributed by atoms with Gasteiger partial charge in [-0.2, -0.15) is 5.26 Å². The first-order chi connectivity index (χ1) is 8.76. The number of anilines is 1. The summed E-state index contributed by atoms with van der Waals surface area (Å²) in [4.78, 5) is 0. The predicted molar refractivity (Wildman–Crippen MR) is 69.6 cm³/mol. The molecule has 0 amide bonds. The minimum Gasteiger partial charge on any atom is -0.383 e. The van der Waals surface area contributed by atoms with Gasteiger partial charge in [-0.3, -0.25) is 0 Å². The molecule has 5 nitrogen and oxygen atoms in total. The van der Waals surface area contributed by atoms with Gasteiger partial charge in [-0.05, 0) is 18.2 Å². The van der Waals surface area contributed by atoms with E-state index in [1.807, 2.05) is 0 Å². The number of rotatable bonds is 4. The number of nitriles is 1. The van der Waals surface area contributed by atoms with Gasteiger partial charge in [-0.25, -0.2) is 0 Å². The van der Waals surface area contributed by atoms with Crippen molar-refractivity contribution in [3.05, 3.63) is 28.9 Å². The van der Waals surface area contributed by atoms with Crippen molar-refractivity contribution >= 4 is 28.2 Å². The molecule has 0 unspecified atom stereocenters. The maximum absolute atomic E-state index is 8.91. The summed E-state index contributed by atoms with van der Waals surface area (Å²) in [6.07, 6.45) is 0. The number of methoxy groups -OCH3 is 1. The van der Waals surface area contributed by atoms with Crippen LogP contribution in [0.5, 0.6) is 0 Å². The molecule has 1 heterocycles. The highest BCUT2D eigenvalue weighted by atomic mass is 35.5. The highest BCUT2D eigenvalue weighted by Crippen LogP contribution is 2.26. The fourth-order valence-corrected chi connectivity index (χ4v) is 1.80. The second-order valence-electron chi connectivity index (χ2n) is 3.63. The molecule has 1 aromatic heterocycles. The molecule has 1 aromatic carbocycles. The second-order valence-corrected chi connectivity index (χ2v) is 3.99. The van der Waals surface area contributed by atoms with E-state index in [2.05, 4.69) is 21.6 Å². The van der Waals surface area contributed by atoms with Crippen molar-refractivity contribution in [2.24, 2.45) is 0 Å². The third-order valence-corrected chi connectivity index (χ3v) is 2.74. The minimum atomic E-state index is 0.326. The summed E-state index contributed by atoms with van der Waals surface area (Å²) >= 11 is 5.98. The van der Waals surface area contributed by atoms with E-state index in [-0.39, 0.29) is 0 Å². The van der Waals surface area contributed by atoms with Crippen molar-refractivity contribution in [3.63, 3.8) is 0 Å². The molecule has 0 bridgehead atoms. The molecule has 18 heavy (non-hydrogen) atoms. The molecule has 0 aliphatic heterocycles. The van der Waals surface area contributed by atoms with Gasteiger partial charge < -0.3 is 10.1 Å². The highest BCUT2D eigenvalue weighted by molar-refractivity contribution is 6.34. The summed E-state index contributed by atoms with van der Waals surface area (Å²) in [6.45, 7) is 1.17. The molecule has 0 saturated heterocycles. The number of ether oxygens (including phenoxy) is 1. The number of hydrogen-bond donors (Lipinski definition) is 1. The average molecular weight is 263 g/mol. The van der Waals surface area contributed by atoms with Gasteiger partial charge >= 0.3 is 0 Å². The smallest absolute Gasteiger partial charge is 0.159 e. The van der Waals surface area contributed by atoms with E-state index in [0.717, 1.165) is 10.8 Å². The van der Waals surface area contributed by atoms with Gasteiger partial charge in [-0.1, -0.05) is 11.6 Å². The van der Waals surface area contributed by atoms with Crippen LogP contribution in [0.4, 0.5) is 5.82 Å². The van der Waals surface area contributed by atoms with Crippen LogP contribution in [0.25, 0.3) is 10.8 Å². The first-order valence-electron chi connectivity index (χ1n) is 5.35. The number of fused-ring (bicyclic) bond motifs is 1. The third kappa shape index (κ3) is 2.50. The van der Waals surface area contributed by atoms with Crippen LogP contribution >= 0.6 is 11.6 Å². The highest BCUT2D eigenvalue weighted by Gasteiger charge is 2.08. The van der Waals surface area contributed by atoms with Crippen LogP contribution in [-0.4, -0.2) is 30.5 Å². The summed E-state index contributed by atoms with van der Waals surface area (Å²) in [7, 11) is 1.63. The number of nitrogens with zero attached hydrogens (tertiary/aromatic N) is 3. The molecule has 0 fully saturated rings. The van der Waals surface area contributed by atoms with Crippen molar-refractivity contribution in [1.29, 1.82) is 5.26 Å². The van der Waals surface area contributed by atoms with Crippen LogP contribution in [0.2, 0.25) is 5.15 Å². The summed E-state index contributed by atoms with van der Waals surface area (Å²) in [5, 5.41) is 21.8. The van der Waals surface area contributed by atoms with Gasteiger partial charge in [0.05, 0.1) is 18.2 Å². The molecule has 0 saturated carbocycles. The molecule has 0 aliphatic rings. The first-order valence-corrected chi connectivity index (χ1v) is 5.73. The molecule has 6 heteroatoms. The Kier molecular flexibility index (Phi) is 3.92. The molecule has 2 rings (SSSR count). The van der Waals surface area contributed by atoms with Gasteiger partial charge in [0.15, 0.2) is 11.0 Å². The fourth-order valence-electron chi connectivity index (χ4n) is 1.59. The standard InChI is InChI=1S/C12H11ClN4O/c1-18-5-4-15-12-10-6-8(7-14)2-3-9(10)11(13)16-17-12/h2-3,6H,4-5H2,1H3,(H,15,17). The number of nitrogens with one attached hydrogen (secondary N) is 1. The summed E-state index contributed by atoms with van der Waals surface area (Å²) in [6, 6.07) is 7.30. The normalized spacial score (nSPS) is 10.3. The SMILES string of the molecule is COCCNc1nnc(Cl)c2ccc(C#N)cc12. The lowest BCUT2D eigenvalue weighted by Gasteiger charge is -2.08. The van der Waals surface area contributed by atoms with Gasteiger partial charge in [-0.15, -0.1) is 10.2 Å². The maximum atomic E-state index is 8.91. The summed E-state index contributed by atoms with van der Waals surface area (Å²) in [5.74, 6) is 0.601. The Labute approximate surface area is 109 Å². The Bertz CT molecular complexity index is 609. The average Bonchev–Trinajstić information content (AvgIpc) is 2.41. The Balaban J connectivity index is 2.46. The molecular weight excluding hydrogens is 252 g/mol. The third-order valence-electron chi connectivity index (χ3n) is 2.46. The lowest BCUT2D eigenvalue weighted by molar-refractivity contribution is 0.210. The Morgan fingerprint density at radius 3 is 2.94 bits per heavy atom. The zero-order valence-electron chi connectivity index (χ0n) is 9.77. The second kappa shape index (κ2) is 5.63. The predicted octanol–water partition coefficient (Wildman–Crippen LogP) is 2.21. The van der Waals surface area contributed by atoms with Crippen LogP contribution in [-0.2, 0) is 4.74 Å². The molecule has 0 atom stereocenters. The van der Waals surface area contributed by atoms with Gasteiger partial charge in [0.1, 0.15) is 0 Å². The van der Waals surface area contributed by atoms with Crippen LogP contribution in [0.1, 0.15) is 5.56 Å². The molecule has 2 aromatic rings. The number of hydrogen-bond acceptors (Lipinski definition) is 5. The zero-order valence-corrected chi connectivity index (χ0v) is 10.5. The van der Waals surface area contributed by atoms with E-state index in [9.17, 15) is 0 Å². The van der Waals surface area contributed by atoms with E-state index >= 15 is 0 Å². The van der Waals surface area contributed by atoms with Gasteiger partial charge in [0.25, 0.3) is 0 Å². The number of benzene rings is 1. The lowest BCUT2D eigenvalue weighted by Crippen LogP contribution is -2.09. The quantitative estimate of drug-likeness (QED) is 0.856. The Hall–Kier alpha value is -1.90. The van der Waals surface area contributed by atoms with Crippen LogP contribution in [0.3, 0.4) is 0 Å². The van der Waals surface area contributed by atoms with Crippen LogP contribution in [0, 0.1) is 11.3 Å². The fraction of sp³-hybridized carbons (Fsp3) is 0.250. The van der Waals surface area contributed by atoms with Crippen molar-refractivity contribution in [2.75, 3.05) is 25.6 Å². The van der Waals surface area contributed by atoms with Crippen LogP contribution in [0.15, 0.2) is 18.2 Å². The van der Waals surface area contributed by atoms with Crippen LogP contribution < -0.4 is 5.32 Å². The maximum Gasteiger partial charge on any atom is 0.159 e. The Morgan fingerprint density at radius 2 is 2.22 bits per heavy atom. The van der Waals surface area contributed by atoms with Crippen molar-refractivity contribution in [2.45, 2.75) is 0 Å². The summed E-state index contributed by atoms with van der Waals surface area (Å²) < 4.78 is 4.96. The molecule has 0 spiro atoms. The number of halogens is 1. The van der Waals surface area contributed by atoms with Gasteiger partial charge in [0.2, 0.25) is 0 Å². The van der Waals surface area contributed by atoms with E-state index in [0.29, 0.717) is 29.7 Å². The molecule has 0 aliphatic carbocycles. The van der Waals surface area contributed by atoms with Crippen molar-refractivity contribution < 1.29 is 4.74 Å². The van der Waals surface area contributed by atoms with Gasteiger partial charge in [0, 0.05) is 24.4 Å². The summed E-state index contributed by atoms with van der Waals surface area (Å²) in [5.41, 5.74) is 0.557. The first kappa shape index (κ1) is 12.6. The molecule has 0 radical (unpaired) electrons. The van der Waals surface area contributed by atoms with E-state index in [4.69, 9.17) is 21.6 Å². The van der Waals surface area contributed by atoms with Crippen molar-refractivity contribution in [1.82, 2.24) is 10.2 Å². The molecule has 92 valence electrons. The molecule has 1 N–H and O–H groups in total. The van der Waals surface area contributed by atoms with E-state index < -0.39 is 0 Å². The zero-order chi connectivity index (χ0) is 13.0. The largest absolute Gasteiger partial charge is 0.383 e. The number of aromatic nitrogens is 2. The lowest BCUT2D eigenvalue weighted by atomic mass is 10.1. The van der Waals surface area contributed by atoms with E-state index in [1.54, 1.807) is 25.3 Å². The monoisotopic (exact) mass is 262 g/mol. The van der Waals surface area contributed by atoms with E-state index in [1.165, 1.54) is 0 Å². The Morgan fingerprint density at radius 1 is 1.39 bits per heavy atom. The minimum absolute atomic E-state index is 0.326.